The average molecular weight is 613 g/mol. The number of methoxy groups -OCH3 is 1. The number of hydrogen-bond acceptors (Lipinski definition) is 9. The number of halogens is 1. The van der Waals surface area contributed by atoms with E-state index in [0.717, 1.165) is 28.0 Å². The fraction of sp³-hybridized carbons (Fsp3) is 0.355. The number of hydrogen-bond donors (Lipinski definition) is 2. The maximum absolute atomic E-state index is 13.1. The summed E-state index contributed by atoms with van der Waals surface area (Å²) in [7, 11) is 1.59. The van der Waals surface area contributed by atoms with Gasteiger partial charge < -0.3 is 24.5 Å². The number of aromatic nitrogens is 3. The highest BCUT2D eigenvalue weighted by Crippen LogP contribution is 2.38. The maximum Gasteiger partial charge on any atom is 0.204 e. The predicted molar refractivity (Wildman–Crippen MR) is 170 cm³/mol. The Morgan fingerprint density at radius 1 is 1.21 bits per heavy atom. The van der Waals surface area contributed by atoms with Crippen LogP contribution in [0.15, 0.2) is 64.5 Å². The molecule has 10 nitrogen and oxygen atoms in total. The summed E-state index contributed by atoms with van der Waals surface area (Å²) >= 11 is 1.35. The van der Waals surface area contributed by atoms with Crippen molar-refractivity contribution in [3.63, 3.8) is 0 Å². The lowest BCUT2D eigenvalue weighted by Crippen LogP contribution is -2.01. The van der Waals surface area contributed by atoms with Gasteiger partial charge in [-0.15, -0.1) is 0 Å². The molecule has 0 unspecified atom stereocenters. The van der Waals surface area contributed by atoms with Crippen molar-refractivity contribution in [3.05, 3.63) is 71.8 Å². The lowest BCUT2D eigenvalue weighted by molar-refractivity contribution is -0.106. The number of carbonyl (C=O) groups is 1. The molecule has 43 heavy (non-hydrogen) atoms. The SMILES string of the molecule is C=C(F)Cc1cnn(Cc2cc(OC)c3c(NSc4cc(CC)ccc4OCCC#N)noc3c2)c1.CC.CC.NC=O. The van der Waals surface area contributed by atoms with Gasteiger partial charge in [0.2, 0.25) is 6.41 Å². The number of aryl methyl sites for hydroxylation is 1. The third-order valence-electron chi connectivity index (χ3n) is 5.39. The van der Waals surface area contributed by atoms with Crippen LogP contribution in [-0.4, -0.2) is 35.1 Å². The first kappa shape index (κ1) is 36.5. The highest BCUT2D eigenvalue weighted by Gasteiger charge is 2.17. The van der Waals surface area contributed by atoms with Crippen molar-refractivity contribution in [2.45, 2.75) is 65.3 Å². The van der Waals surface area contributed by atoms with Crippen LogP contribution >= 0.6 is 11.9 Å². The number of anilines is 1. The minimum absolute atomic E-state index is 0.142. The van der Waals surface area contributed by atoms with Gasteiger partial charge in [0.1, 0.15) is 23.5 Å². The van der Waals surface area contributed by atoms with Crippen molar-refractivity contribution in [1.29, 1.82) is 5.26 Å². The summed E-state index contributed by atoms with van der Waals surface area (Å²) in [5, 5.41) is 18.0. The number of benzene rings is 2. The fourth-order valence-corrected chi connectivity index (χ4v) is 4.47. The lowest BCUT2D eigenvalue weighted by Gasteiger charge is -2.12. The smallest absolute Gasteiger partial charge is 0.204 e. The zero-order chi connectivity index (χ0) is 32.2. The molecule has 0 aliphatic rings. The average Bonchev–Trinajstić information content (AvgIpc) is 3.64. The zero-order valence-corrected chi connectivity index (χ0v) is 26.5. The van der Waals surface area contributed by atoms with Crippen molar-refractivity contribution in [2.24, 2.45) is 5.73 Å². The number of fused-ring (bicyclic) bond motifs is 1. The summed E-state index contributed by atoms with van der Waals surface area (Å²) < 4.78 is 35.1. The van der Waals surface area contributed by atoms with Gasteiger partial charge in [0.25, 0.3) is 0 Å². The number of rotatable bonds is 12. The third-order valence-corrected chi connectivity index (χ3v) is 6.22. The van der Waals surface area contributed by atoms with Gasteiger partial charge in [-0.25, -0.2) is 4.39 Å². The Balaban J connectivity index is 0.00000122. The van der Waals surface area contributed by atoms with Crippen LogP contribution in [0.4, 0.5) is 10.2 Å². The number of nitriles is 1. The number of nitrogens with zero attached hydrogens (tertiary/aromatic N) is 4. The Kier molecular flexibility index (Phi) is 17.3. The van der Waals surface area contributed by atoms with E-state index < -0.39 is 5.83 Å². The Morgan fingerprint density at radius 3 is 2.56 bits per heavy atom. The molecular formula is C31H41FN6O4S. The van der Waals surface area contributed by atoms with E-state index in [-0.39, 0.29) is 12.8 Å². The standard InChI is InChI=1S/C26H26FN5O3S.2C2H6.CH3NO/c1-4-18-6-7-21(34-9-5-8-28)24(13-18)36-31-26-25-22(33-3)11-19(12-23(25)35-30-26)15-32-16-20(14-29-32)10-17(2)27;2*1-2;2-1-3/h6-7,11-14,16H,2,4-5,9-10,15H2,1,3H3,(H,30,31);2*1-2H3;1H,(H2,2,3). The van der Waals surface area contributed by atoms with Gasteiger partial charge in [-0.1, -0.05) is 52.4 Å². The topological polar surface area (TPSA) is 141 Å². The highest BCUT2D eigenvalue weighted by atomic mass is 32.2. The van der Waals surface area contributed by atoms with E-state index in [2.05, 4.69) is 40.3 Å². The molecule has 1 amide bonds. The predicted octanol–water partition coefficient (Wildman–Crippen LogP) is 7.23. The first-order valence-corrected chi connectivity index (χ1v) is 14.8. The van der Waals surface area contributed by atoms with E-state index in [4.69, 9.17) is 24.1 Å². The van der Waals surface area contributed by atoms with Crippen LogP contribution in [0.3, 0.4) is 0 Å². The minimum atomic E-state index is -0.403. The molecule has 0 aliphatic heterocycles. The molecule has 2 aromatic heterocycles. The molecule has 0 fully saturated rings. The van der Waals surface area contributed by atoms with Gasteiger partial charge in [-0.2, -0.15) is 10.4 Å². The summed E-state index contributed by atoms with van der Waals surface area (Å²) in [6, 6.07) is 11.8. The molecule has 3 N–H and O–H groups in total. The molecule has 0 bridgehead atoms. The first-order chi connectivity index (χ1) is 20.9. The van der Waals surface area contributed by atoms with E-state index in [9.17, 15) is 4.39 Å². The van der Waals surface area contributed by atoms with E-state index in [1.165, 1.54) is 11.9 Å². The van der Waals surface area contributed by atoms with E-state index in [1.54, 1.807) is 24.2 Å². The third kappa shape index (κ3) is 11.4. The summed E-state index contributed by atoms with van der Waals surface area (Å²) in [6.45, 7) is 14.2. The van der Waals surface area contributed by atoms with Crippen molar-refractivity contribution in [1.82, 2.24) is 14.9 Å². The van der Waals surface area contributed by atoms with Gasteiger partial charge in [-0.3, -0.25) is 9.48 Å². The van der Waals surface area contributed by atoms with Gasteiger partial charge in [0.05, 0.1) is 43.1 Å². The number of nitrogens with two attached hydrogens (primary N) is 1. The van der Waals surface area contributed by atoms with Crippen LogP contribution in [0.5, 0.6) is 11.5 Å². The lowest BCUT2D eigenvalue weighted by atomic mass is 10.1. The van der Waals surface area contributed by atoms with Gasteiger partial charge in [0, 0.05) is 12.6 Å². The molecule has 12 heteroatoms. The number of primary amides is 1. The van der Waals surface area contributed by atoms with Crippen molar-refractivity contribution in [3.8, 4) is 17.6 Å². The van der Waals surface area contributed by atoms with Crippen LogP contribution in [0.2, 0.25) is 0 Å². The molecular weight excluding hydrogens is 571 g/mol. The first-order valence-electron chi connectivity index (χ1n) is 13.9. The number of nitrogens with one attached hydrogen (secondary N) is 1. The van der Waals surface area contributed by atoms with Crippen LogP contribution in [0, 0.1) is 11.3 Å². The van der Waals surface area contributed by atoms with Crippen LogP contribution in [-0.2, 0) is 24.2 Å². The molecule has 0 radical (unpaired) electrons. The van der Waals surface area contributed by atoms with Crippen molar-refractivity contribution < 1.29 is 23.2 Å². The number of carbonyl (C=O) groups excluding carboxylic acids is 1. The minimum Gasteiger partial charge on any atom is -0.496 e. The Morgan fingerprint density at radius 2 is 1.93 bits per heavy atom. The Bertz CT molecular complexity index is 1460. The summed E-state index contributed by atoms with van der Waals surface area (Å²) in [4.78, 5) is 9.46. The molecule has 0 aliphatic carbocycles. The molecule has 232 valence electrons. The molecule has 0 spiro atoms. The van der Waals surface area contributed by atoms with Crippen LogP contribution in [0.25, 0.3) is 11.0 Å². The van der Waals surface area contributed by atoms with Crippen molar-refractivity contribution in [2.75, 3.05) is 18.4 Å². The van der Waals surface area contributed by atoms with Crippen LogP contribution < -0.4 is 19.9 Å². The van der Waals surface area contributed by atoms with Gasteiger partial charge >= 0.3 is 0 Å². The Labute approximate surface area is 257 Å². The second-order valence-corrected chi connectivity index (χ2v) is 9.02. The molecule has 2 heterocycles. The number of allylic oxidation sites excluding steroid dienone is 1. The van der Waals surface area contributed by atoms with E-state index in [1.807, 2.05) is 58.0 Å². The highest BCUT2D eigenvalue weighted by molar-refractivity contribution is 8.00. The zero-order valence-electron chi connectivity index (χ0n) is 25.6. The molecule has 0 atom stereocenters. The summed E-state index contributed by atoms with van der Waals surface area (Å²) in [6.07, 6.45) is 5.00. The molecule has 4 aromatic rings. The quantitative estimate of drug-likeness (QED) is 0.0962. The second kappa shape index (κ2) is 20.4. The fourth-order valence-electron chi connectivity index (χ4n) is 3.69. The van der Waals surface area contributed by atoms with Crippen molar-refractivity contribution >= 4 is 35.1 Å². The molecule has 2 aromatic carbocycles. The Hall–Kier alpha value is -4.50. The number of amides is 1. The normalized spacial score (nSPS) is 9.63. The summed E-state index contributed by atoms with van der Waals surface area (Å²) in [5.74, 6) is 1.41. The van der Waals surface area contributed by atoms with E-state index >= 15 is 0 Å². The number of ether oxygens (including phenoxy) is 2. The monoisotopic (exact) mass is 612 g/mol. The maximum atomic E-state index is 13.1. The second-order valence-electron chi connectivity index (χ2n) is 8.17. The van der Waals surface area contributed by atoms with Gasteiger partial charge in [-0.05, 0) is 59.3 Å². The molecule has 0 saturated heterocycles. The molecule has 4 rings (SSSR count). The largest absolute Gasteiger partial charge is 0.496 e. The van der Waals surface area contributed by atoms with E-state index in [0.29, 0.717) is 47.9 Å². The van der Waals surface area contributed by atoms with Crippen LogP contribution in [0.1, 0.15) is 57.7 Å². The van der Waals surface area contributed by atoms with Gasteiger partial charge in [0.15, 0.2) is 11.4 Å². The summed E-state index contributed by atoms with van der Waals surface area (Å²) in [5.41, 5.74) is 7.54. The molecule has 0 saturated carbocycles.